The first-order chi connectivity index (χ1) is 9.61. The van der Waals surface area contributed by atoms with Crippen LogP contribution in [0.2, 0.25) is 5.02 Å². The molecule has 4 saturated carbocycles. The van der Waals surface area contributed by atoms with Crippen LogP contribution in [0.25, 0.3) is 0 Å². The zero-order valence-corrected chi connectivity index (χ0v) is 12.1. The van der Waals surface area contributed by atoms with E-state index in [1.54, 1.807) is 12.1 Å². The molecule has 0 radical (unpaired) electrons. The van der Waals surface area contributed by atoms with E-state index in [-0.39, 0.29) is 17.3 Å². The molecule has 0 aliphatic heterocycles. The maximum atomic E-state index is 14.0. The van der Waals surface area contributed by atoms with E-state index < -0.39 is 5.82 Å². The topological polar surface area (TPSA) is 17.1 Å². The van der Waals surface area contributed by atoms with Crippen LogP contribution in [0.1, 0.15) is 42.5 Å². The largest absolute Gasteiger partial charge is 0.294 e. The number of benzene rings is 1. The van der Waals surface area contributed by atoms with Gasteiger partial charge in [-0.2, -0.15) is 0 Å². The van der Waals surface area contributed by atoms with Gasteiger partial charge in [-0.1, -0.05) is 11.6 Å². The molecule has 0 heterocycles. The minimum absolute atomic E-state index is 0.0213. The molecule has 0 aromatic heterocycles. The van der Waals surface area contributed by atoms with Crippen LogP contribution in [-0.4, -0.2) is 5.78 Å². The first kappa shape index (κ1) is 12.8. The van der Waals surface area contributed by atoms with Gasteiger partial charge >= 0.3 is 0 Å². The third kappa shape index (κ3) is 1.92. The molecule has 3 heteroatoms. The lowest BCUT2D eigenvalue weighted by molar-refractivity contribution is -0.0252. The monoisotopic (exact) mass is 292 g/mol. The van der Waals surface area contributed by atoms with E-state index in [9.17, 15) is 9.18 Å². The predicted molar refractivity (Wildman–Crippen MR) is 76.3 cm³/mol. The van der Waals surface area contributed by atoms with Gasteiger partial charge in [0.15, 0.2) is 5.78 Å². The number of hydrogen-bond donors (Lipinski definition) is 0. The van der Waals surface area contributed by atoms with E-state index in [0.29, 0.717) is 16.9 Å². The molecule has 0 amide bonds. The van der Waals surface area contributed by atoms with Crippen molar-refractivity contribution in [2.75, 3.05) is 0 Å². The summed E-state index contributed by atoms with van der Waals surface area (Å²) in [7, 11) is 0. The highest BCUT2D eigenvalue weighted by molar-refractivity contribution is 6.30. The Morgan fingerprint density at radius 1 is 1.05 bits per heavy atom. The summed E-state index contributed by atoms with van der Waals surface area (Å²) >= 11 is 5.78. The summed E-state index contributed by atoms with van der Waals surface area (Å²) in [5, 5.41) is 0.351. The van der Waals surface area contributed by atoms with E-state index in [2.05, 4.69) is 0 Å². The summed E-state index contributed by atoms with van der Waals surface area (Å²) in [6, 6.07) is 4.43. The summed E-state index contributed by atoms with van der Waals surface area (Å²) in [5.41, 5.74) is 0.242. The van der Waals surface area contributed by atoms with Crippen LogP contribution in [0, 0.1) is 35.4 Å². The first-order valence-electron chi connectivity index (χ1n) is 7.61. The fourth-order valence-electron chi connectivity index (χ4n) is 5.22. The van der Waals surface area contributed by atoms with Crippen molar-refractivity contribution in [2.45, 2.75) is 32.1 Å². The molecule has 0 unspecified atom stereocenters. The zero-order chi connectivity index (χ0) is 13.9. The van der Waals surface area contributed by atoms with Crippen molar-refractivity contribution in [1.82, 2.24) is 0 Å². The highest BCUT2D eigenvalue weighted by Crippen LogP contribution is 2.57. The number of halogens is 2. The van der Waals surface area contributed by atoms with Gasteiger partial charge in [0, 0.05) is 10.9 Å². The van der Waals surface area contributed by atoms with Crippen LogP contribution in [0.15, 0.2) is 18.2 Å². The molecule has 1 aromatic rings. The summed E-state index contributed by atoms with van der Waals surface area (Å²) in [6.07, 6.45) is 6.08. The summed E-state index contributed by atoms with van der Waals surface area (Å²) in [6.45, 7) is 0. The highest BCUT2D eigenvalue weighted by Gasteiger charge is 2.50. The number of carbonyl (C=O) groups is 1. The Bertz CT molecular complexity index is 540. The fourth-order valence-corrected chi connectivity index (χ4v) is 5.38. The molecule has 0 spiro atoms. The van der Waals surface area contributed by atoms with Crippen molar-refractivity contribution < 1.29 is 9.18 Å². The van der Waals surface area contributed by atoms with Gasteiger partial charge in [-0.05, 0) is 74.0 Å². The molecule has 1 aromatic carbocycles. The lowest BCUT2D eigenvalue weighted by atomic mass is 9.51. The average molecular weight is 293 g/mol. The number of rotatable bonds is 2. The lowest BCUT2D eigenvalue weighted by Crippen LogP contribution is -2.48. The molecule has 4 bridgehead atoms. The van der Waals surface area contributed by atoms with Gasteiger partial charge in [0.2, 0.25) is 0 Å². The lowest BCUT2D eigenvalue weighted by Gasteiger charge is -2.53. The molecular weight excluding hydrogens is 275 g/mol. The van der Waals surface area contributed by atoms with E-state index in [1.165, 1.54) is 38.2 Å². The smallest absolute Gasteiger partial charge is 0.169 e. The van der Waals surface area contributed by atoms with Gasteiger partial charge < -0.3 is 0 Å². The number of carbonyl (C=O) groups excluding carboxylic acids is 1. The zero-order valence-electron chi connectivity index (χ0n) is 11.3. The molecule has 0 N–H and O–H groups in total. The van der Waals surface area contributed by atoms with Gasteiger partial charge in [-0.15, -0.1) is 0 Å². The fraction of sp³-hybridized carbons (Fsp3) is 0.588. The third-order valence-corrected chi connectivity index (χ3v) is 5.96. The van der Waals surface area contributed by atoms with Crippen LogP contribution < -0.4 is 0 Å². The number of ketones is 1. The molecule has 4 aliphatic rings. The Hall–Kier alpha value is -0.890. The molecule has 0 atom stereocenters. The Balaban J connectivity index is 1.65. The first-order valence-corrected chi connectivity index (χ1v) is 7.99. The minimum Gasteiger partial charge on any atom is -0.294 e. The second-order valence-corrected chi connectivity index (χ2v) is 7.38. The normalized spacial score (nSPS) is 38.2. The SMILES string of the molecule is O=C(c1ccc(Cl)cc1F)C1C2CC3CC(C2)CC1C3. The van der Waals surface area contributed by atoms with Gasteiger partial charge in [0.25, 0.3) is 0 Å². The van der Waals surface area contributed by atoms with Crippen LogP contribution in [0.4, 0.5) is 4.39 Å². The molecule has 4 fully saturated rings. The quantitative estimate of drug-likeness (QED) is 0.720. The Kier molecular flexibility index (Phi) is 2.92. The number of hydrogen-bond acceptors (Lipinski definition) is 1. The second kappa shape index (κ2) is 4.56. The van der Waals surface area contributed by atoms with Crippen molar-refractivity contribution >= 4 is 17.4 Å². The molecular formula is C17H18ClFO. The predicted octanol–water partition coefficient (Wildman–Crippen LogP) is 4.73. The third-order valence-electron chi connectivity index (χ3n) is 5.73. The maximum absolute atomic E-state index is 14.0. The van der Waals surface area contributed by atoms with E-state index in [1.807, 2.05) is 0 Å². The highest BCUT2D eigenvalue weighted by atomic mass is 35.5. The van der Waals surface area contributed by atoms with Gasteiger partial charge in [0.05, 0.1) is 5.56 Å². The number of Topliss-reactive ketones (excluding diaryl/α,β-unsaturated/α-hetero) is 1. The van der Waals surface area contributed by atoms with Crippen LogP contribution in [0.3, 0.4) is 0 Å². The van der Waals surface area contributed by atoms with Gasteiger partial charge in [0.1, 0.15) is 5.82 Å². The standard InChI is InChI=1S/C17H18ClFO/c18-13-1-2-14(15(19)8-13)17(20)16-11-4-9-3-10(6-11)7-12(16)5-9/h1-2,8-12,16H,3-7H2. The van der Waals surface area contributed by atoms with Crippen LogP contribution in [0.5, 0.6) is 0 Å². The summed E-state index contributed by atoms with van der Waals surface area (Å²) in [4.78, 5) is 12.8. The van der Waals surface area contributed by atoms with E-state index in [4.69, 9.17) is 11.6 Å². The Labute approximate surface area is 123 Å². The van der Waals surface area contributed by atoms with Crippen LogP contribution in [-0.2, 0) is 0 Å². The van der Waals surface area contributed by atoms with Crippen molar-refractivity contribution in [3.8, 4) is 0 Å². The molecule has 5 rings (SSSR count). The molecule has 106 valence electrons. The Morgan fingerprint density at radius 2 is 1.65 bits per heavy atom. The summed E-state index contributed by atoms with van der Waals surface area (Å²) < 4.78 is 14.0. The summed E-state index contributed by atoms with van der Waals surface area (Å²) in [5.74, 6) is 2.26. The van der Waals surface area contributed by atoms with Gasteiger partial charge in [-0.25, -0.2) is 4.39 Å². The maximum Gasteiger partial charge on any atom is 0.169 e. The second-order valence-electron chi connectivity index (χ2n) is 6.94. The molecule has 1 nitrogen and oxygen atoms in total. The van der Waals surface area contributed by atoms with E-state index in [0.717, 1.165) is 11.8 Å². The Morgan fingerprint density at radius 3 is 2.20 bits per heavy atom. The van der Waals surface area contributed by atoms with Crippen molar-refractivity contribution in [3.63, 3.8) is 0 Å². The minimum atomic E-state index is -0.462. The van der Waals surface area contributed by atoms with Crippen molar-refractivity contribution in [3.05, 3.63) is 34.6 Å². The van der Waals surface area contributed by atoms with Crippen molar-refractivity contribution in [2.24, 2.45) is 29.6 Å². The van der Waals surface area contributed by atoms with Gasteiger partial charge in [-0.3, -0.25) is 4.79 Å². The molecule has 20 heavy (non-hydrogen) atoms. The molecule has 0 saturated heterocycles. The van der Waals surface area contributed by atoms with Crippen LogP contribution >= 0.6 is 11.6 Å². The average Bonchev–Trinajstić information content (AvgIpc) is 2.37. The molecule has 4 aliphatic carbocycles. The van der Waals surface area contributed by atoms with Crippen molar-refractivity contribution in [1.29, 1.82) is 0 Å². The van der Waals surface area contributed by atoms with E-state index >= 15 is 0 Å².